The molecule has 0 aliphatic rings. The summed E-state index contributed by atoms with van der Waals surface area (Å²) in [6, 6.07) is 7.57. The smallest absolute Gasteiger partial charge is 0.250 e. The van der Waals surface area contributed by atoms with Gasteiger partial charge in [-0.1, -0.05) is 24.2 Å². The van der Waals surface area contributed by atoms with Gasteiger partial charge in [-0.05, 0) is 23.8 Å². The molecule has 0 bridgehead atoms. The molecule has 0 saturated carbocycles. The van der Waals surface area contributed by atoms with Crippen LogP contribution in [0.3, 0.4) is 0 Å². The van der Waals surface area contributed by atoms with Crippen molar-refractivity contribution < 1.29 is 4.52 Å². The highest BCUT2D eigenvalue weighted by Gasteiger charge is 1.99. The van der Waals surface area contributed by atoms with Crippen molar-refractivity contribution in [3.05, 3.63) is 41.5 Å². The number of benzene rings is 1. The summed E-state index contributed by atoms with van der Waals surface area (Å²) in [7, 11) is 0. The zero-order chi connectivity index (χ0) is 11.4. The van der Waals surface area contributed by atoms with E-state index in [0.717, 1.165) is 23.5 Å². The number of hydrogen-bond acceptors (Lipinski definition) is 4. The lowest BCUT2D eigenvalue weighted by molar-refractivity contribution is 0.403. The maximum absolute atomic E-state index is 5.59. The van der Waals surface area contributed by atoms with Gasteiger partial charge in [0.25, 0.3) is 5.89 Å². The van der Waals surface area contributed by atoms with Crippen LogP contribution < -0.4 is 5.73 Å². The summed E-state index contributed by atoms with van der Waals surface area (Å²) in [5.41, 5.74) is 7.39. The molecule has 0 aliphatic carbocycles. The number of aryl methyl sites for hydroxylation is 1. The Labute approximate surface area is 93.8 Å². The van der Waals surface area contributed by atoms with Crippen LogP contribution >= 0.6 is 0 Å². The van der Waals surface area contributed by atoms with E-state index in [-0.39, 0.29) is 0 Å². The Hall–Kier alpha value is -2.10. The van der Waals surface area contributed by atoms with Crippen LogP contribution in [-0.4, -0.2) is 10.1 Å². The predicted molar refractivity (Wildman–Crippen MR) is 63.5 cm³/mol. The molecule has 2 aromatic rings. The lowest BCUT2D eigenvalue weighted by Gasteiger charge is -1.93. The van der Waals surface area contributed by atoms with Gasteiger partial charge in [0.05, 0.1) is 0 Å². The topological polar surface area (TPSA) is 64.9 Å². The molecular formula is C12H13N3O. The van der Waals surface area contributed by atoms with Crippen LogP contribution in [0.15, 0.2) is 28.8 Å². The predicted octanol–water partition coefficient (Wildman–Crippen LogP) is 2.38. The first kappa shape index (κ1) is 10.4. The normalized spacial score (nSPS) is 11.1. The lowest BCUT2D eigenvalue weighted by Crippen LogP contribution is -1.82. The molecule has 4 heteroatoms. The molecule has 82 valence electrons. The third-order valence-corrected chi connectivity index (χ3v) is 2.15. The molecule has 0 saturated heterocycles. The molecule has 1 aromatic heterocycles. The number of nitrogen functional groups attached to an aromatic ring is 1. The molecule has 2 rings (SSSR count). The Morgan fingerprint density at radius 3 is 2.62 bits per heavy atom. The minimum absolute atomic E-state index is 0.522. The van der Waals surface area contributed by atoms with Crippen molar-refractivity contribution in [3.63, 3.8) is 0 Å². The molecule has 0 amide bonds. The zero-order valence-electron chi connectivity index (χ0n) is 9.05. The van der Waals surface area contributed by atoms with Crippen LogP contribution in [0.5, 0.6) is 0 Å². The van der Waals surface area contributed by atoms with Crippen LogP contribution in [0.25, 0.3) is 12.2 Å². The molecule has 0 atom stereocenters. The summed E-state index contributed by atoms with van der Waals surface area (Å²) in [5.74, 6) is 1.24. The van der Waals surface area contributed by atoms with E-state index in [0.29, 0.717) is 5.89 Å². The van der Waals surface area contributed by atoms with E-state index in [2.05, 4.69) is 10.1 Å². The second-order valence-electron chi connectivity index (χ2n) is 3.40. The highest BCUT2D eigenvalue weighted by molar-refractivity contribution is 5.66. The van der Waals surface area contributed by atoms with Crippen molar-refractivity contribution in [2.45, 2.75) is 13.3 Å². The van der Waals surface area contributed by atoms with Gasteiger partial charge in [-0.2, -0.15) is 4.98 Å². The number of anilines is 1. The highest BCUT2D eigenvalue weighted by atomic mass is 16.5. The highest BCUT2D eigenvalue weighted by Crippen LogP contribution is 2.09. The first-order chi connectivity index (χ1) is 7.78. The first-order valence-corrected chi connectivity index (χ1v) is 5.14. The maximum atomic E-state index is 5.59. The van der Waals surface area contributed by atoms with E-state index in [1.165, 1.54) is 0 Å². The number of rotatable bonds is 3. The molecule has 0 radical (unpaired) electrons. The molecule has 4 nitrogen and oxygen atoms in total. The largest absolute Gasteiger partial charge is 0.399 e. The molecule has 2 N–H and O–H groups in total. The van der Waals surface area contributed by atoms with Crippen LogP contribution in [0.1, 0.15) is 24.2 Å². The Morgan fingerprint density at radius 2 is 2.00 bits per heavy atom. The first-order valence-electron chi connectivity index (χ1n) is 5.14. The molecule has 1 aromatic carbocycles. The monoisotopic (exact) mass is 215 g/mol. The van der Waals surface area contributed by atoms with Crippen molar-refractivity contribution in [3.8, 4) is 0 Å². The summed E-state index contributed by atoms with van der Waals surface area (Å²) < 4.78 is 5.03. The molecule has 1 heterocycles. The number of nitrogens with zero attached hydrogens (tertiary/aromatic N) is 2. The van der Waals surface area contributed by atoms with Crippen molar-refractivity contribution in [2.24, 2.45) is 0 Å². The van der Waals surface area contributed by atoms with E-state index in [9.17, 15) is 0 Å². The van der Waals surface area contributed by atoms with E-state index in [1.807, 2.05) is 37.3 Å². The van der Waals surface area contributed by atoms with Crippen LogP contribution in [-0.2, 0) is 6.42 Å². The van der Waals surface area contributed by atoms with Crippen LogP contribution in [0.2, 0.25) is 0 Å². The third-order valence-electron chi connectivity index (χ3n) is 2.15. The minimum atomic E-state index is 0.522. The van der Waals surface area contributed by atoms with E-state index >= 15 is 0 Å². The average Bonchev–Trinajstić information content (AvgIpc) is 2.76. The summed E-state index contributed by atoms with van der Waals surface area (Å²) in [5, 5.41) is 3.80. The Morgan fingerprint density at radius 1 is 1.25 bits per heavy atom. The fourth-order valence-corrected chi connectivity index (χ4v) is 1.25. The average molecular weight is 215 g/mol. The third kappa shape index (κ3) is 2.48. The van der Waals surface area contributed by atoms with Gasteiger partial charge in [0.15, 0.2) is 5.82 Å². The van der Waals surface area contributed by atoms with E-state index in [4.69, 9.17) is 10.3 Å². The minimum Gasteiger partial charge on any atom is -0.399 e. The Kier molecular flexibility index (Phi) is 3.00. The lowest BCUT2D eigenvalue weighted by atomic mass is 10.2. The van der Waals surface area contributed by atoms with Gasteiger partial charge in [-0.15, -0.1) is 0 Å². The molecule has 16 heavy (non-hydrogen) atoms. The summed E-state index contributed by atoms with van der Waals surface area (Å²) in [6.45, 7) is 1.98. The molecule has 0 aliphatic heterocycles. The molecule has 0 fully saturated rings. The SMILES string of the molecule is CCc1noc(/C=C/c2ccc(N)cc2)n1. The van der Waals surface area contributed by atoms with Gasteiger partial charge in [0.2, 0.25) is 0 Å². The number of nitrogens with two attached hydrogens (primary N) is 1. The van der Waals surface area contributed by atoms with Gasteiger partial charge < -0.3 is 10.3 Å². The van der Waals surface area contributed by atoms with Gasteiger partial charge in [-0.25, -0.2) is 0 Å². The fourth-order valence-electron chi connectivity index (χ4n) is 1.25. The molecule has 0 spiro atoms. The Bertz CT molecular complexity index is 485. The van der Waals surface area contributed by atoms with Crippen molar-refractivity contribution >= 4 is 17.8 Å². The summed E-state index contributed by atoms with van der Waals surface area (Å²) >= 11 is 0. The van der Waals surface area contributed by atoms with Crippen molar-refractivity contribution in [1.29, 1.82) is 0 Å². The maximum Gasteiger partial charge on any atom is 0.250 e. The van der Waals surface area contributed by atoms with Crippen LogP contribution in [0, 0.1) is 0 Å². The fraction of sp³-hybridized carbons (Fsp3) is 0.167. The van der Waals surface area contributed by atoms with Gasteiger partial charge >= 0.3 is 0 Å². The van der Waals surface area contributed by atoms with Gasteiger partial charge in [0, 0.05) is 18.2 Å². The summed E-state index contributed by atoms with van der Waals surface area (Å²) in [6.07, 6.45) is 4.48. The van der Waals surface area contributed by atoms with Crippen molar-refractivity contribution in [2.75, 3.05) is 5.73 Å². The van der Waals surface area contributed by atoms with E-state index in [1.54, 1.807) is 6.08 Å². The summed E-state index contributed by atoms with van der Waals surface area (Å²) in [4.78, 5) is 4.17. The Balaban J connectivity index is 2.11. The second-order valence-corrected chi connectivity index (χ2v) is 3.40. The molecule has 0 unspecified atom stereocenters. The van der Waals surface area contributed by atoms with Gasteiger partial charge in [-0.3, -0.25) is 0 Å². The van der Waals surface area contributed by atoms with Gasteiger partial charge in [0.1, 0.15) is 0 Å². The number of hydrogen-bond donors (Lipinski definition) is 1. The number of aromatic nitrogens is 2. The van der Waals surface area contributed by atoms with Crippen LogP contribution in [0.4, 0.5) is 5.69 Å². The quantitative estimate of drug-likeness (QED) is 0.798. The zero-order valence-corrected chi connectivity index (χ0v) is 9.05. The second kappa shape index (κ2) is 4.61. The molecular weight excluding hydrogens is 202 g/mol. The van der Waals surface area contributed by atoms with E-state index < -0.39 is 0 Å². The standard InChI is InChI=1S/C12H13N3O/c1-2-11-14-12(16-15-11)8-5-9-3-6-10(13)7-4-9/h3-8H,2,13H2,1H3/b8-5+. The van der Waals surface area contributed by atoms with Crippen molar-refractivity contribution in [1.82, 2.24) is 10.1 Å².